The van der Waals surface area contributed by atoms with Crippen LogP contribution < -0.4 is 10.6 Å². The Kier molecular flexibility index (Phi) is 6.80. The van der Waals surface area contributed by atoms with Crippen molar-refractivity contribution in [1.29, 1.82) is 0 Å². The third-order valence-corrected chi connectivity index (χ3v) is 7.78. The number of hydrogen-bond acceptors (Lipinski definition) is 9. The number of anilines is 1. The van der Waals surface area contributed by atoms with E-state index in [-0.39, 0.29) is 35.3 Å². The number of likely N-dealkylation sites (N-methyl/N-ethyl adjacent to an activating group) is 1. The van der Waals surface area contributed by atoms with Gasteiger partial charge in [0.1, 0.15) is 22.8 Å². The van der Waals surface area contributed by atoms with Crippen molar-refractivity contribution in [2.24, 2.45) is 17.6 Å². The number of aromatic hydroxyl groups is 1. The minimum absolute atomic E-state index is 0.0355. The summed E-state index contributed by atoms with van der Waals surface area (Å²) in [5.41, 5.74) is 3.28. The average molecular weight is 524 g/mol. The predicted octanol–water partition coefficient (Wildman–Crippen LogP) is 1.18. The van der Waals surface area contributed by atoms with E-state index in [4.69, 9.17) is 5.73 Å². The zero-order chi connectivity index (χ0) is 28.3. The maximum atomic E-state index is 14.0. The average Bonchev–Trinajstić information content (AvgIpc) is 2.82. The van der Waals surface area contributed by atoms with Crippen LogP contribution in [0.2, 0.25) is 0 Å². The van der Waals surface area contributed by atoms with Crippen LogP contribution in [0.4, 0.5) is 5.69 Å². The molecule has 2 unspecified atom stereocenters. The number of unbranched alkanes of at least 4 members (excludes halogenated alkanes) is 1. The molecule has 3 aliphatic carbocycles. The fraction of sp³-hybridized carbons (Fsp3) is 0.464. The van der Waals surface area contributed by atoms with E-state index < -0.39 is 58.0 Å². The summed E-state index contributed by atoms with van der Waals surface area (Å²) < 4.78 is 0. The molecule has 202 valence electrons. The van der Waals surface area contributed by atoms with Crippen LogP contribution in [-0.2, 0) is 20.8 Å². The second-order valence-corrected chi connectivity index (χ2v) is 10.6. The molecule has 0 radical (unpaired) electrons. The van der Waals surface area contributed by atoms with Gasteiger partial charge in [-0.25, -0.2) is 0 Å². The maximum absolute atomic E-state index is 14.0. The van der Waals surface area contributed by atoms with Crippen LogP contribution in [0.1, 0.15) is 42.9 Å². The van der Waals surface area contributed by atoms with Crippen molar-refractivity contribution in [3.8, 4) is 17.6 Å². The molecule has 0 bridgehead atoms. The van der Waals surface area contributed by atoms with Gasteiger partial charge < -0.3 is 31.1 Å². The first-order valence-electron chi connectivity index (χ1n) is 12.5. The molecule has 3 aliphatic rings. The number of nitrogens with two attached hydrogens (primary N) is 1. The third kappa shape index (κ3) is 3.77. The number of phenols is 1. The van der Waals surface area contributed by atoms with Crippen LogP contribution in [0.25, 0.3) is 5.76 Å². The summed E-state index contributed by atoms with van der Waals surface area (Å²) in [5.74, 6) is -0.846. The van der Waals surface area contributed by atoms with Crippen molar-refractivity contribution in [2.45, 2.75) is 44.2 Å². The molecule has 10 heteroatoms. The number of benzene rings is 1. The summed E-state index contributed by atoms with van der Waals surface area (Å²) in [4.78, 5) is 42.5. The number of carbonyl (C=O) groups is 3. The quantitative estimate of drug-likeness (QED) is 0.288. The van der Waals surface area contributed by atoms with Gasteiger partial charge in [-0.05, 0) is 50.9 Å². The van der Waals surface area contributed by atoms with Gasteiger partial charge in [-0.2, -0.15) is 0 Å². The molecule has 0 aliphatic heterocycles. The van der Waals surface area contributed by atoms with E-state index in [9.17, 15) is 34.8 Å². The van der Waals surface area contributed by atoms with Gasteiger partial charge in [0.25, 0.3) is 5.91 Å². The number of aliphatic hydroxyl groups is 3. The highest BCUT2D eigenvalue weighted by atomic mass is 16.3. The zero-order valence-corrected chi connectivity index (χ0v) is 22.1. The van der Waals surface area contributed by atoms with Gasteiger partial charge in [0, 0.05) is 37.7 Å². The second kappa shape index (κ2) is 9.49. The highest BCUT2D eigenvalue weighted by Gasteiger charge is 2.64. The number of phenolic OH excluding ortho intramolecular Hbond substituents is 1. The van der Waals surface area contributed by atoms with E-state index in [0.717, 1.165) is 6.42 Å². The van der Waals surface area contributed by atoms with Crippen molar-refractivity contribution < 1.29 is 34.8 Å². The van der Waals surface area contributed by atoms with E-state index in [1.807, 2.05) is 25.9 Å². The number of rotatable bonds is 4. The summed E-state index contributed by atoms with van der Waals surface area (Å²) >= 11 is 0. The van der Waals surface area contributed by atoms with Gasteiger partial charge in [0.05, 0.1) is 17.2 Å². The Labute approximate surface area is 221 Å². The van der Waals surface area contributed by atoms with E-state index >= 15 is 0 Å². The Balaban J connectivity index is 1.99. The molecule has 4 atom stereocenters. The Morgan fingerprint density at radius 1 is 1.18 bits per heavy atom. The van der Waals surface area contributed by atoms with Crippen molar-refractivity contribution in [3.63, 3.8) is 0 Å². The predicted molar refractivity (Wildman–Crippen MR) is 140 cm³/mol. The highest BCUT2D eigenvalue weighted by molar-refractivity contribution is 6.24. The summed E-state index contributed by atoms with van der Waals surface area (Å²) in [6.07, 6.45) is 1.69. The summed E-state index contributed by atoms with van der Waals surface area (Å²) in [7, 11) is 6.76. The summed E-state index contributed by atoms with van der Waals surface area (Å²) in [6.45, 7) is 1.98. The zero-order valence-electron chi connectivity index (χ0n) is 22.1. The van der Waals surface area contributed by atoms with Crippen molar-refractivity contribution in [1.82, 2.24) is 4.90 Å². The van der Waals surface area contributed by atoms with Gasteiger partial charge in [-0.15, -0.1) is 0 Å². The molecule has 1 fully saturated rings. The first kappa shape index (κ1) is 27.2. The van der Waals surface area contributed by atoms with Crippen LogP contribution in [0.5, 0.6) is 5.75 Å². The molecule has 1 aromatic rings. The molecular weight excluding hydrogens is 490 g/mol. The van der Waals surface area contributed by atoms with Crippen LogP contribution >= 0.6 is 0 Å². The molecular formula is C28H33N3O7. The van der Waals surface area contributed by atoms with Gasteiger partial charge in [-0.3, -0.25) is 19.3 Å². The Morgan fingerprint density at radius 3 is 2.39 bits per heavy atom. The molecule has 38 heavy (non-hydrogen) atoms. The molecule has 0 heterocycles. The van der Waals surface area contributed by atoms with Gasteiger partial charge >= 0.3 is 0 Å². The molecule has 1 amide bonds. The van der Waals surface area contributed by atoms with Crippen molar-refractivity contribution >= 4 is 28.9 Å². The number of amides is 1. The van der Waals surface area contributed by atoms with Gasteiger partial charge in [0.15, 0.2) is 11.4 Å². The largest absolute Gasteiger partial charge is 0.508 e. The molecule has 0 spiro atoms. The lowest BCUT2D eigenvalue weighted by Gasteiger charge is -2.50. The van der Waals surface area contributed by atoms with Crippen LogP contribution in [0, 0.1) is 23.7 Å². The summed E-state index contributed by atoms with van der Waals surface area (Å²) in [5, 5.41) is 45.2. The number of fused-ring (bicyclic) bond motifs is 3. The first-order chi connectivity index (χ1) is 17.8. The Hall–Kier alpha value is -3.81. The number of carbonyl (C=O) groups excluding carboxylic acids is 3. The standard InChI is InChI=1S/C28H33N3O7/c1-6-7-8-9-13-12-17(30(2)3)15-10-14-11-16-21(31(4)5)24(34)20(27(29)37)26(36)28(16,38)25(35)18(14)23(33)19(15)22(13)32/h12,14,16,21,32-33,36,38H,6-7,10-11H2,1-5H3,(H2,29,37)/t14?,16?,21-,28-/m0/s1. The van der Waals surface area contributed by atoms with Crippen molar-refractivity contribution in [3.05, 3.63) is 39.7 Å². The van der Waals surface area contributed by atoms with Crippen molar-refractivity contribution in [2.75, 3.05) is 33.1 Å². The van der Waals surface area contributed by atoms with Gasteiger partial charge in [-0.1, -0.05) is 18.8 Å². The number of primary amides is 1. The number of Topliss-reactive ketones (excluding diaryl/α,β-unsaturated/α-hetero) is 2. The second-order valence-electron chi connectivity index (χ2n) is 10.6. The van der Waals surface area contributed by atoms with Crippen LogP contribution in [0.3, 0.4) is 0 Å². The Morgan fingerprint density at radius 2 is 1.84 bits per heavy atom. The fourth-order valence-corrected chi connectivity index (χ4v) is 6.07. The smallest absolute Gasteiger partial charge is 0.255 e. The molecule has 0 saturated heterocycles. The summed E-state index contributed by atoms with van der Waals surface area (Å²) in [6, 6.07) is 0.613. The lowest BCUT2D eigenvalue weighted by molar-refractivity contribution is -0.153. The first-order valence-corrected chi connectivity index (χ1v) is 12.5. The molecule has 1 aromatic carbocycles. The number of hydrogen-bond donors (Lipinski definition) is 5. The number of ketones is 2. The lowest BCUT2D eigenvalue weighted by atomic mass is 9.57. The highest BCUT2D eigenvalue weighted by Crippen LogP contribution is 2.54. The number of aliphatic hydroxyl groups excluding tert-OH is 2. The Bertz CT molecular complexity index is 1380. The van der Waals surface area contributed by atoms with E-state index in [1.165, 1.54) is 4.90 Å². The fourth-order valence-electron chi connectivity index (χ4n) is 6.07. The molecule has 6 N–H and O–H groups in total. The lowest BCUT2D eigenvalue weighted by Crippen LogP contribution is -2.65. The minimum atomic E-state index is -2.66. The molecule has 1 saturated carbocycles. The van der Waals surface area contributed by atoms with E-state index in [0.29, 0.717) is 17.7 Å². The van der Waals surface area contributed by atoms with Crippen LogP contribution in [-0.4, -0.2) is 82.6 Å². The third-order valence-electron chi connectivity index (χ3n) is 7.78. The SMILES string of the molecule is CCCC#Cc1cc(N(C)C)c2c(c1O)C(O)=C1C(=O)[C@]3(O)C(O)=C(C(N)=O)C(=O)[C@@H](N(C)C)C3CC1C2. The minimum Gasteiger partial charge on any atom is -0.508 e. The number of nitrogens with zero attached hydrogens (tertiary/aromatic N) is 2. The monoisotopic (exact) mass is 523 g/mol. The van der Waals surface area contributed by atoms with Gasteiger partial charge in [0.2, 0.25) is 5.78 Å². The topological polar surface area (TPSA) is 165 Å². The maximum Gasteiger partial charge on any atom is 0.255 e. The van der Waals surface area contributed by atoms with Crippen LogP contribution in [0.15, 0.2) is 23.0 Å². The van der Waals surface area contributed by atoms with E-state index in [2.05, 4.69) is 11.8 Å². The molecule has 10 nitrogen and oxygen atoms in total. The van der Waals surface area contributed by atoms with E-state index in [1.54, 1.807) is 20.2 Å². The normalized spacial score (nSPS) is 26.4. The molecule has 0 aromatic heterocycles. The molecule has 4 rings (SSSR count).